The molecule has 0 bridgehead atoms. The smallest absolute Gasteiger partial charge is 0.202 e. The van der Waals surface area contributed by atoms with Crippen molar-refractivity contribution in [3.63, 3.8) is 0 Å². The van der Waals surface area contributed by atoms with Crippen LogP contribution >= 0.6 is 0 Å². The van der Waals surface area contributed by atoms with Gasteiger partial charge in [-0.3, -0.25) is 0 Å². The average molecular weight is 228 g/mol. The van der Waals surface area contributed by atoms with Crippen LogP contribution in [0.2, 0.25) is 0 Å². The molecule has 3 heteroatoms. The molecule has 1 aromatic carbocycles. The van der Waals surface area contributed by atoms with E-state index in [0.29, 0.717) is 6.54 Å². The Kier molecular flexibility index (Phi) is 2.30. The third-order valence-electron chi connectivity index (χ3n) is 3.62. The molecule has 1 aromatic heterocycles. The molecule has 1 saturated carbocycles. The number of hydrogen-bond acceptors (Lipinski definition) is 3. The van der Waals surface area contributed by atoms with E-state index in [9.17, 15) is 0 Å². The normalized spacial score (nSPS) is 17.1. The highest BCUT2D eigenvalue weighted by Crippen LogP contribution is 2.47. The fraction of sp³-hybridized carbons (Fsp3) is 0.357. The molecule has 0 saturated heterocycles. The standard InChI is InChI=1S/C14H16N2O/c1-10-4-2-3-5-11(10)12-8-17-13(16-12)14(9-15)6-7-14/h2-5,8H,6-7,9,15H2,1H3. The lowest BCUT2D eigenvalue weighted by Crippen LogP contribution is -2.19. The van der Waals surface area contributed by atoms with Crippen molar-refractivity contribution in [2.24, 2.45) is 5.73 Å². The molecule has 0 atom stereocenters. The number of aryl methyl sites for hydroxylation is 1. The Morgan fingerprint density at radius 3 is 2.76 bits per heavy atom. The first-order valence-corrected chi connectivity index (χ1v) is 5.97. The van der Waals surface area contributed by atoms with Gasteiger partial charge in [0.1, 0.15) is 12.0 Å². The van der Waals surface area contributed by atoms with Gasteiger partial charge in [0.25, 0.3) is 0 Å². The molecule has 0 amide bonds. The first-order valence-electron chi connectivity index (χ1n) is 5.97. The second-order valence-corrected chi connectivity index (χ2v) is 4.84. The molecule has 3 rings (SSSR count). The first-order chi connectivity index (χ1) is 8.25. The topological polar surface area (TPSA) is 52.0 Å². The summed E-state index contributed by atoms with van der Waals surface area (Å²) >= 11 is 0. The minimum atomic E-state index is 0.0287. The largest absolute Gasteiger partial charge is 0.448 e. The molecule has 0 radical (unpaired) electrons. The molecule has 0 unspecified atom stereocenters. The van der Waals surface area contributed by atoms with Crippen LogP contribution in [-0.2, 0) is 5.41 Å². The van der Waals surface area contributed by atoms with E-state index < -0.39 is 0 Å². The quantitative estimate of drug-likeness (QED) is 0.878. The molecule has 0 aliphatic heterocycles. The second-order valence-electron chi connectivity index (χ2n) is 4.84. The maximum atomic E-state index is 5.78. The van der Waals surface area contributed by atoms with Gasteiger partial charge in [-0.25, -0.2) is 4.98 Å². The van der Waals surface area contributed by atoms with Crippen LogP contribution in [0.1, 0.15) is 24.3 Å². The zero-order valence-electron chi connectivity index (χ0n) is 9.94. The summed E-state index contributed by atoms with van der Waals surface area (Å²) in [5, 5.41) is 0. The van der Waals surface area contributed by atoms with E-state index in [2.05, 4.69) is 24.0 Å². The number of rotatable bonds is 3. The van der Waals surface area contributed by atoms with Crippen LogP contribution in [0.3, 0.4) is 0 Å². The van der Waals surface area contributed by atoms with Crippen molar-refractivity contribution in [2.45, 2.75) is 25.2 Å². The maximum absolute atomic E-state index is 5.78. The molecule has 1 aliphatic carbocycles. The molecule has 88 valence electrons. The van der Waals surface area contributed by atoms with Crippen LogP contribution in [0.4, 0.5) is 0 Å². The van der Waals surface area contributed by atoms with Crippen molar-refractivity contribution in [1.29, 1.82) is 0 Å². The molecule has 2 aromatic rings. The summed E-state index contributed by atoms with van der Waals surface area (Å²) in [6.45, 7) is 2.71. The number of hydrogen-bond donors (Lipinski definition) is 1. The Balaban J connectivity index is 1.99. The molecule has 0 spiro atoms. The van der Waals surface area contributed by atoms with Crippen LogP contribution in [0, 0.1) is 6.92 Å². The van der Waals surface area contributed by atoms with E-state index >= 15 is 0 Å². The summed E-state index contributed by atoms with van der Waals surface area (Å²) in [5.74, 6) is 0.804. The second kappa shape index (κ2) is 3.70. The summed E-state index contributed by atoms with van der Waals surface area (Å²) in [7, 11) is 0. The van der Waals surface area contributed by atoms with Gasteiger partial charge in [0.05, 0.1) is 5.41 Å². The molecular formula is C14H16N2O. The minimum Gasteiger partial charge on any atom is -0.448 e. The Morgan fingerprint density at radius 1 is 1.35 bits per heavy atom. The Bertz CT molecular complexity index is 541. The van der Waals surface area contributed by atoms with Gasteiger partial charge < -0.3 is 10.2 Å². The molecule has 2 N–H and O–H groups in total. The van der Waals surface area contributed by atoms with Gasteiger partial charge in [-0.05, 0) is 25.3 Å². The Labute approximate surface area is 101 Å². The van der Waals surface area contributed by atoms with Crippen LogP contribution in [0.15, 0.2) is 34.9 Å². The predicted octanol–water partition coefficient (Wildman–Crippen LogP) is 2.64. The lowest BCUT2D eigenvalue weighted by molar-refractivity contribution is 0.437. The lowest BCUT2D eigenvalue weighted by Gasteiger charge is -2.05. The van der Waals surface area contributed by atoms with E-state index in [-0.39, 0.29) is 5.41 Å². The average Bonchev–Trinajstić information content (AvgIpc) is 3.00. The van der Waals surface area contributed by atoms with Crippen molar-refractivity contribution in [3.05, 3.63) is 42.0 Å². The molecular weight excluding hydrogens is 212 g/mol. The third-order valence-corrected chi connectivity index (χ3v) is 3.62. The van der Waals surface area contributed by atoms with E-state index in [1.54, 1.807) is 6.26 Å². The van der Waals surface area contributed by atoms with Gasteiger partial charge in [0.2, 0.25) is 5.89 Å². The summed E-state index contributed by atoms with van der Waals surface area (Å²) in [6, 6.07) is 8.20. The van der Waals surface area contributed by atoms with Gasteiger partial charge in [-0.15, -0.1) is 0 Å². The third kappa shape index (κ3) is 1.67. The van der Waals surface area contributed by atoms with E-state index in [1.807, 2.05) is 12.1 Å². The Morgan fingerprint density at radius 2 is 2.12 bits per heavy atom. The van der Waals surface area contributed by atoms with E-state index in [4.69, 9.17) is 10.2 Å². The molecule has 1 fully saturated rings. The fourth-order valence-corrected chi connectivity index (χ4v) is 2.16. The maximum Gasteiger partial charge on any atom is 0.202 e. The van der Waals surface area contributed by atoms with Crippen LogP contribution < -0.4 is 5.73 Å². The monoisotopic (exact) mass is 228 g/mol. The number of nitrogens with two attached hydrogens (primary N) is 1. The van der Waals surface area contributed by atoms with Gasteiger partial charge in [-0.2, -0.15) is 0 Å². The lowest BCUT2D eigenvalue weighted by atomic mass is 10.1. The van der Waals surface area contributed by atoms with Crippen molar-refractivity contribution in [1.82, 2.24) is 4.98 Å². The van der Waals surface area contributed by atoms with Gasteiger partial charge in [0.15, 0.2) is 0 Å². The summed E-state index contributed by atoms with van der Waals surface area (Å²) < 4.78 is 5.60. The minimum absolute atomic E-state index is 0.0287. The van der Waals surface area contributed by atoms with Gasteiger partial charge >= 0.3 is 0 Å². The highest BCUT2D eigenvalue weighted by molar-refractivity contribution is 5.62. The molecule has 3 nitrogen and oxygen atoms in total. The predicted molar refractivity (Wildman–Crippen MR) is 66.6 cm³/mol. The number of oxazole rings is 1. The number of benzene rings is 1. The van der Waals surface area contributed by atoms with Crippen molar-refractivity contribution in [2.75, 3.05) is 6.54 Å². The Hall–Kier alpha value is -1.61. The molecule has 17 heavy (non-hydrogen) atoms. The number of nitrogens with zero attached hydrogens (tertiary/aromatic N) is 1. The zero-order chi connectivity index (χ0) is 11.9. The highest BCUT2D eigenvalue weighted by Gasteiger charge is 2.47. The first kappa shape index (κ1) is 10.5. The molecule has 1 heterocycles. The SMILES string of the molecule is Cc1ccccc1-c1coc(C2(CN)CC2)n1. The van der Waals surface area contributed by atoms with E-state index in [0.717, 1.165) is 30.0 Å². The number of aromatic nitrogens is 1. The van der Waals surface area contributed by atoms with Crippen LogP contribution in [0.25, 0.3) is 11.3 Å². The van der Waals surface area contributed by atoms with Gasteiger partial charge in [-0.1, -0.05) is 24.3 Å². The fourth-order valence-electron chi connectivity index (χ4n) is 2.16. The zero-order valence-corrected chi connectivity index (χ0v) is 9.94. The highest BCUT2D eigenvalue weighted by atomic mass is 16.3. The van der Waals surface area contributed by atoms with E-state index in [1.165, 1.54) is 5.56 Å². The van der Waals surface area contributed by atoms with Crippen molar-refractivity contribution in [3.8, 4) is 11.3 Å². The summed E-state index contributed by atoms with van der Waals surface area (Å²) in [5.41, 5.74) is 9.07. The van der Waals surface area contributed by atoms with Crippen molar-refractivity contribution < 1.29 is 4.42 Å². The van der Waals surface area contributed by atoms with Gasteiger partial charge in [0, 0.05) is 12.1 Å². The van der Waals surface area contributed by atoms with Crippen LogP contribution in [-0.4, -0.2) is 11.5 Å². The van der Waals surface area contributed by atoms with Crippen molar-refractivity contribution >= 4 is 0 Å². The molecule has 1 aliphatic rings. The van der Waals surface area contributed by atoms with Crippen LogP contribution in [0.5, 0.6) is 0 Å². The summed E-state index contributed by atoms with van der Waals surface area (Å²) in [4.78, 5) is 4.60. The summed E-state index contributed by atoms with van der Waals surface area (Å²) in [6.07, 6.45) is 3.93.